The maximum Gasteiger partial charge on any atom is 0.192 e. The third kappa shape index (κ3) is 1.67. The molecule has 0 spiro atoms. The number of hydrogen-bond donors (Lipinski definition) is 0. The van der Waals surface area contributed by atoms with E-state index in [1.807, 2.05) is 18.4 Å². The second-order valence-electron chi connectivity index (χ2n) is 3.26. The minimum absolute atomic E-state index is 0.163. The molecule has 1 aliphatic heterocycles. The van der Waals surface area contributed by atoms with Crippen LogP contribution < -0.4 is 0 Å². The SMILES string of the molecule is Cc1sccc1C(=O)C1CCCO1. The van der Waals surface area contributed by atoms with Gasteiger partial charge in [0.2, 0.25) is 0 Å². The Labute approximate surface area is 81.5 Å². The third-order valence-corrected chi connectivity index (χ3v) is 3.19. The van der Waals surface area contributed by atoms with Crippen molar-refractivity contribution in [2.75, 3.05) is 6.61 Å². The molecule has 1 fully saturated rings. The van der Waals surface area contributed by atoms with E-state index in [2.05, 4.69) is 0 Å². The summed E-state index contributed by atoms with van der Waals surface area (Å²) in [5, 5.41) is 1.96. The van der Waals surface area contributed by atoms with Crippen molar-refractivity contribution in [1.82, 2.24) is 0 Å². The van der Waals surface area contributed by atoms with Crippen molar-refractivity contribution in [3.63, 3.8) is 0 Å². The highest BCUT2D eigenvalue weighted by Gasteiger charge is 2.25. The normalized spacial score (nSPS) is 22.1. The summed E-state index contributed by atoms with van der Waals surface area (Å²) in [6.45, 7) is 2.71. The molecule has 0 aromatic carbocycles. The van der Waals surface area contributed by atoms with Gasteiger partial charge < -0.3 is 4.74 Å². The molecule has 1 aliphatic rings. The highest BCUT2D eigenvalue weighted by Crippen LogP contribution is 2.22. The fourth-order valence-corrected chi connectivity index (χ4v) is 2.30. The van der Waals surface area contributed by atoms with Gasteiger partial charge in [-0.2, -0.15) is 0 Å². The van der Waals surface area contributed by atoms with E-state index in [9.17, 15) is 4.79 Å². The minimum atomic E-state index is -0.173. The van der Waals surface area contributed by atoms with Crippen molar-refractivity contribution in [3.8, 4) is 0 Å². The van der Waals surface area contributed by atoms with E-state index in [4.69, 9.17) is 4.74 Å². The van der Waals surface area contributed by atoms with Crippen LogP contribution in [-0.2, 0) is 4.74 Å². The molecule has 0 radical (unpaired) electrons. The molecule has 3 heteroatoms. The fraction of sp³-hybridized carbons (Fsp3) is 0.500. The van der Waals surface area contributed by atoms with E-state index in [0.717, 1.165) is 29.9 Å². The summed E-state index contributed by atoms with van der Waals surface area (Å²) < 4.78 is 5.35. The Morgan fingerprint density at radius 3 is 3.08 bits per heavy atom. The number of carbonyl (C=O) groups excluding carboxylic acids is 1. The van der Waals surface area contributed by atoms with Crippen molar-refractivity contribution in [2.24, 2.45) is 0 Å². The Kier molecular flexibility index (Phi) is 2.47. The van der Waals surface area contributed by atoms with Crippen LogP contribution in [0.4, 0.5) is 0 Å². The van der Waals surface area contributed by atoms with Gasteiger partial charge in [0.25, 0.3) is 0 Å². The molecule has 1 unspecified atom stereocenters. The van der Waals surface area contributed by atoms with Crippen LogP contribution in [0.1, 0.15) is 28.1 Å². The Bertz CT molecular complexity index is 310. The summed E-state index contributed by atoms with van der Waals surface area (Å²) in [5.41, 5.74) is 0.844. The van der Waals surface area contributed by atoms with Gasteiger partial charge in [0, 0.05) is 17.0 Å². The highest BCUT2D eigenvalue weighted by molar-refractivity contribution is 7.10. The van der Waals surface area contributed by atoms with Crippen molar-refractivity contribution in [1.29, 1.82) is 0 Å². The van der Waals surface area contributed by atoms with Crippen LogP contribution in [0.15, 0.2) is 11.4 Å². The molecule has 1 aromatic heterocycles. The monoisotopic (exact) mass is 196 g/mol. The molecular weight excluding hydrogens is 184 g/mol. The van der Waals surface area contributed by atoms with Crippen LogP contribution in [0, 0.1) is 6.92 Å². The molecule has 0 bridgehead atoms. The first-order chi connectivity index (χ1) is 6.29. The first kappa shape index (κ1) is 8.91. The first-order valence-corrected chi connectivity index (χ1v) is 5.37. The average Bonchev–Trinajstić information content (AvgIpc) is 2.72. The largest absolute Gasteiger partial charge is 0.370 e. The van der Waals surface area contributed by atoms with Crippen LogP contribution in [0.3, 0.4) is 0 Å². The highest BCUT2D eigenvalue weighted by atomic mass is 32.1. The second kappa shape index (κ2) is 3.60. The van der Waals surface area contributed by atoms with Crippen LogP contribution in [0.2, 0.25) is 0 Å². The summed E-state index contributed by atoms with van der Waals surface area (Å²) in [6, 6.07) is 1.89. The fourth-order valence-electron chi connectivity index (χ4n) is 1.60. The summed E-state index contributed by atoms with van der Waals surface area (Å²) in [6.07, 6.45) is 1.72. The van der Waals surface area contributed by atoms with Crippen molar-refractivity contribution < 1.29 is 9.53 Å². The molecule has 13 heavy (non-hydrogen) atoms. The number of ether oxygens (including phenoxy) is 1. The third-order valence-electron chi connectivity index (χ3n) is 2.35. The van der Waals surface area contributed by atoms with Gasteiger partial charge >= 0.3 is 0 Å². The number of carbonyl (C=O) groups is 1. The summed E-state index contributed by atoms with van der Waals surface area (Å²) >= 11 is 1.62. The lowest BCUT2D eigenvalue weighted by Crippen LogP contribution is -2.19. The number of aryl methyl sites for hydroxylation is 1. The topological polar surface area (TPSA) is 26.3 Å². The predicted octanol–water partition coefficient (Wildman–Crippen LogP) is 2.42. The predicted molar refractivity (Wildman–Crippen MR) is 52.4 cm³/mol. The van der Waals surface area contributed by atoms with Gasteiger partial charge in [-0.05, 0) is 31.2 Å². The van der Waals surface area contributed by atoms with Gasteiger partial charge in [0.1, 0.15) is 6.10 Å². The number of Topliss-reactive ketones (excluding diaryl/α,β-unsaturated/α-hetero) is 1. The van der Waals surface area contributed by atoms with Gasteiger partial charge in [0.05, 0.1) is 0 Å². The van der Waals surface area contributed by atoms with Crippen molar-refractivity contribution in [2.45, 2.75) is 25.9 Å². The lowest BCUT2D eigenvalue weighted by molar-refractivity contribution is 0.0643. The maximum absolute atomic E-state index is 11.8. The van der Waals surface area contributed by atoms with Gasteiger partial charge in [-0.1, -0.05) is 0 Å². The van der Waals surface area contributed by atoms with E-state index < -0.39 is 0 Å². The van der Waals surface area contributed by atoms with E-state index in [1.165, 1.54) is 0 Å². The van der Waals surface area contributed by atoms with Gasteiger partial charge in [-0.3, -0.25) is 4.79 Å². The Morgan fingerprint density at radius 1 is 1.69 bits per heavy atom. The molecule has 1 atom stereocenters. The zero-order valence-electron chi connectivity index (χ0n) is 7.58. The summed E-state index contributed by atoms with van der Waals surface area (Å²) in [4.78, 5) is 12.9. The van der Waals surface area contributed by atoms with Gasteiger partial charge in [-0.25, -0.2) is 0 Å². The zero-order valence-corrected chi connectivity index (χ0v) is 8.39. The molecule has 0 aliphatic carbocycles. The van der Waals surface area contributed by atoms with Crippen molar-refractivity contribution >= 4 is 17.1 Å². The second-order valence-corrected chi connectivity index (χ2v) is 4.38. The Balaban J connectivity index is 2.17. The van der Waals surface area contributed by atoms with Crippen molar-refractivity contribution in [3.05, 3.63) is 21.9 Å². The standard InChI is InChI=1S/C10H12O2S/c1-7-8(4-6-13-7)10(11)9-3-2-5-12-9/h4,6,9H,2-3,5H2,1H3. The molecule has 2 rings (SSSR count). The number of thiophene rings is 1. The minimum Gasteiger partial charge on any atom is -0.370 e. The van der Waals surface area contributed by atoms with E-state index in [-0.39, 0.29) is 11.9 Å². The van der Waals surface area contributed by atoms with Crippen LogP contribution in [0.25, 0.3) is 0 Å². The molecular formula is C10H12O2S. The molecule has 2 heterocycles. The molecule has 0 saturated carbocycles. The lowest BCUT2D eigenvalue weighted by atomic mass is 10.1. The molecule has 1 aromatic rings. The summed E-state index contributed by atoms with van der Waals surface area (Å²) in [7, 11) is 0. The van der Waals surface area contributed by atoms with E-state index in [1.54, 1.807) is 11.3 Å². The number of rotatable bonds is 2. The molecule has 1 saturated heterocycles. The first-order valence-electron chi connectivity index (χ1n) is 4.49. The maximum atomic E-state index is 11.8. The number of hydrogen-bond acceptors (Lipinski definition) is 3. The molecule has 2 nitrogen and oxygen atoms in total. The lowest BCUT2D eigenvalue weighted by Gasteiger charge is -2.06. The number of ketones is 1. The quantitative estimate of drug-likeness (QED) is 0.679. The molecule has 0 amide bonds. The van der Waals surface area contributed by atoms with E-state index in [0.29, 0.717) is 0 Å². The van der Waals surface area contributed by atoms with Gasteiger partial charge in [0.15, 0.2) is 5.78 Å². The Hall–Kier alpha value is -0.670. The molecule has 0 N–H and O–H groups in total. The van der Waals surface area contributed by atoms with Gasteiger partial charge in [-0.15, -0.1) is 11.3 Å². The average molecular weight is 196 g/mol. The van der Waals surface area contributed by atoms with Crippen LogP contribution >= 0.6 is 11.3 Å². The smallest absolute Gasteiger partial charge is 0.192 e. The van der Waals surface area contributed by atoms with Crippen LogP contribution in [0.5, 0.6) is 0 Å². The summed E-state index contributed by atoms with van der Waals surface area (Å²) in [5.74, 6) is 0.163. The van der Waals surface area contributed by atoms with Crippen LogP contribution in [-0.4, -0.2) is 18.5 Å². The zero-order chi connectivity index (χ0) is 9.26. The molecule has 70 valence electrons. The Morgan fingerprint density at radius 2 is 2.54 bits per heavy atom. The van der Waals surface area contributed by atoms with E-state index >= 15 is 0 Å².